The van der Waals surface area contributed by atoms with E-state index in [1.54, 1.807) is 14.2 Å². The highest BCUT2D eigenvalue weighted by atomic mass is 16.5. The summed E-state index contributed by atoms with van der Waals surface area (Å²) >= 11 is 0. The molecule has 0 unspecified atom stereocenters. The van der Waals surface area contributed by atoms with Gasteiger partial charge < -0.3 is 9.47 Å². The molecule has 0 bridgehead atoms. The van der Waals surface area contributed by atoms with Crippen LogP contribution in [-0.2, 0) is 12.8 Å². The van der Waals surface area contributed by atoms with Gasteiger partial charge in [0.25, 0.3) is 0 Å². The van der Waals surface area contributed by atoms with E-state index in [1.807, 2.05) is 48.5 Å². The van der Waals surface area contributed by atoms with Gasteiger partial charge >= 0.3 is 0 Å². The van der Waals surface area contributed by atoms with Gasteiger partial charge in [-0.3, -0.25) is 0 Å². The highest BCUT2D eigenvalue weighted by Gasteiger charge is 2.05. The van der Waals surface area contributed by atoms with E-state index in [2.05, 4.69) is 20.4 Å². The van der Waals surface area contributed by atoms with Crippen molar-refractivity contribution in [2.45, 2.75) is 12.8 Å². The van der Waals surface area contributed by atoms with Gasteiger partial charge in [0.1, 0.15) is 11.5 Å². The van der Waals surface area contributed by atoms with Crippen molar-refractivity contribution in [2.75, 3.05) is 14.2 Å². The molecule has 0 amide bonds. The minimum atomic E-state index is 0.590. The van der Waals surface area contributed by atoms with E-state index >= 15 is 0 Å². The molecule has 122 valence electrons. The van der Waals surface area contributed by atoms with E-state index in [9.17, 15) is 0 Å². The van der Waals surface area contributed by atoms with Gasteiger partial charge in [0, 0.05) is 12.8 Å². The molecule has 0 radical (unpaired) electrons. The highest BCUT2D eigenvalue weighted by Crippen LogP contribution is 2.14. The maximum Gasteiger partial charge on any atom is 0.177 e. The van der Waals surface area contributed by atoms with Crippen LogP contribution in [0.5, 0.6) is 11.5 Å². The third-order valence-corrected chi connectivity index (χ3v) is 3.60. The second-order valence-electron chi connectivity index (χ2n) is 5.28. The van der Waals surface area contributed by atoms with E-state index in [1.165, 1.54) is 0 Å². The zero-order valence-electron chi connectivity index (χ0n) is 13.6. The lowest BCUT2D eigenvalue weighted by Gasteiger charge is -2.04. The molecule has 0 aliphatic rings. The summed E-state index contributed by atoms with van der Waals surface area (Å²) in [4.78, 5) is 0. The van der Waals surface area contributed by atoms with Crippen LogP contribution < -0.4 is 9.47 Å². The minimum absolute atomic E-state index is 0.590. The van der Waals surface area contributed by atoms with Gasteiger partial charge in [0.05, 0.1) is 14.2 Å². The van der Waals surface area contributed by atoms with Crippen molar-refractivity contribution in [2.24, 2.45) is 0 Å². The predicted octanol–water partition coefficient (Wildman–Crippen LogP) is 2.47. The summed E-state index contributed by atoms with van der Waals surface area (Å²) in [5.41, 5.74) is 2.17. The summed E-state index contributed by atoms with van der Waals surface area (Å²) in [5, 5.41) is 16.7. The van der Waals surface area contributed by atoms with Crippen molar-refractivity contribution in [1.82, 2.24) is 20.4 Å². The van der Waals surface area contributed by atoms with Crippen LogP contribution in [-0.4, -0.2) is 34.6 Å². The Morgan fingerprint density at radius 2 is 0.917 bits per heavy atom. The Balaban J connectivity index is 1.63. The Kier molecular flexibility index (Phi) is 4.96. The van der Waals surface area contributed by atoms with Gasteiger partial charge in [-0.05, 0) is 35.4 Å². The summed E-state index contributed by atoms with van der Waals surface area (Å²) in [6, 6.07) is 15.6. The predicted molar refractivity (Wildman–Crippen MR) is 89.2 cm³/mol. The number of ether oxygens (including phenoxy) is 2. The van der Waals surface area contributed by atoms with Crippen LogP contribution >= 0.6 is 0 Å². The fraction of sp³-hybridized carbons (Fsp3) is 0.222. The number of methoxy groups -OCH3 is 2. The zero-order valence-corrected chi connectivity index (χ0v) is 13.6. The monoisotopic (exact) mass is 322 g/mol. The van der Waals surface area contributed by atoms with Crippen LogP contribution in [0.2, 0.25) is 0 Å². The summed E-state index contributed by atoms with van der Waals surface area (Å²) in [6.07, 6.45) is 1.18. The van der Waals surface area contributed by atoms with Gasteiger partial charge in [-0.1, -0.05) is 24.3 Å². The van der Waals surface area contributed by atoms with E-state index < -0.39 is 0 Å². The summed E-state index contributed by atoms with van der Waals surface area (Å²) in [6.45, 7) is 0. The van der Waals surface area contributed by atoms with Crippen molar-refractivity contribution in [3.05, 3.63) is 71.3 Å². The lowest BCUT2D eigenvalue weighted by Crippen LogP contribution is -2.06. The first-order valence-electron chi connectivity index (χ1n) is 7.58. The molecule has 6 heteroatoms. The Labute approximate surface area is 140 Å². The van der Waals surface area contributed by atoms with Gasteiger partial charge in [0.2, 0.25) is 0 Å². The number of aromatic nitrogens is 4. The quantitative estimate of drug-likeness (QED) is 0.694. The van der Waals surface area contributed by atoms with Crippen LogP contribution in [0.15, 0.2) is 48.5 Å². The number of rotatable bonds is 6. The standard InChI is InChI=1S/C18H18N4O2/c1-23-15-7-3-13(4-8-15)11-17-19-21-18(22-20-17)12-14-5-9-16(24-2)10-6-14/h3-10H,11-12H2,1-2H3. The molecular formula is C18H18N4O2. The van der Waals surface area contributed by atoms with Gasteiger partial charge in [-0.15, -0.1) is 20.4 Å². The lowest BCUT2D eigenvalue weighted by atomic mass is 10.1. The minimum Gasteiger partial charge on any atom is -0.497 e. The molecule has 0 fully saturated rings. The average molecular weight is 322 g/mol. The molecule has 3 rings (SSSR count). The fourth-order valence-electron chi connectivity index (χ4n) is 2.26. The van der Waals surface area contributed by atoms with Crippen LogP contribution in [0.1, 0.15) is 22.8 Å². The Morgan fingerprint density at radius 3 is 1.21 bits per heavy atom. The number of hydrogen-bond acceptors (Lipinski definition) is 6. The Bertz CT molecular complexity index is 703. The molecule has 0 saturated carbocycles. The number of hydrogen-bond donors (Lipinski definition) is 0. The SMILES string of the molecule is COc1ccc(Cc2nnc(Cc3ccc(OC)cc3)nn2)cc1. The molecular weight excluding hydrogens is 304 g/mol. The van der Waals surface area contributed by atoms with Gasteiger partial charge in [-0.2, -0.15) is 0 Å². The molecule has 0 spiro atoms. The molecule has 0 atom stereocenters. The summed E-state index contributed by atoms with van der Waals surface area (Å²) in [7, 11) is 3.29. The fourth-order valence-corrected chi connectivity index (χ4v) is 2.26. The first-order valence-corrected chi connectivity index (χ1v) is 7.58. The van der Waals surface area contributed by atoms with E-state index in [-0.39, 0.29) is 0 Å². The van der Waals surface area contributed by atoms with E-state index in [0.29, 0.717) is 24.5 Å². The van der Waals surface area contributed by atoms with Crippen molar-refractivity contribution >= 4 is 0 Å². The first-order chi connectivity index (χ1) is 11.8. The molecule has 2 aromatic carbocycles. The first kappa shape index (κ1) is 15.9. The topological polar surface area (TPSA) is 70.0 Å². The lowest BCUT2D eigenvalue weighted by molar-refractivity contribution is 0.414. The second kappa shape index (κ2) is 7.50. The normalized spacial score (nSPS) is 10.4. The largest absolute Gasteiger partial charge is 0.497 e. The number of benzene rings is 2. The van der Waals surface area contributed by atoms with E-state index in [0.717, 1.165) is 22.6 Å². The Hall–Kier alpha value is -3.02. The summed E-state index contributed by atoms with van der Waals surface area (Å²) < 4.78 is 10.3. The van der Waals surface area contributed by atoms with Crippen molar-refractivity contribution in [3.63, 3.8) is 0 Å². The number of nitrogens with zero attached hydrogens (tertiary/aromatic N) is 4. The van der Waals surface area contributed by atoms with Gasteiger partial charge in [-0.25, -0.2) is 0 Å². The van der Waals surface area contributed by atoms with E-state index in [4.69, 9.17) is 9.47 Å². The second-order valence-corrected chi connectivity index (χ2v) is 5.28. The molecule has 3 aromatic rings. The van der Waals surface area contributed by atoms with Crippen LogP contribution in [0.4, 0.5) is 0 Å². The van der Waals surface area contributed by atoms with Crippen molar-refractivity contribution in [3.8, 4) is 11.5 Å². The third-order valence-electron chi connectivity index (χ3n) is 3.60. The molecule has 0 saturated heterocycles. The maximum atomic E-state index is 5.14. The molecule has 24 heavy (non-hydrogen) atoms. The average Bonchev–Trinajstić information content (AvgIpc) is 2.65. The molecule has 1 aromatic heterocycles. The third kappa shape index (κ3) is 4.04. The summed E-state index contributed by atoms with van der Waals surface area (Å²) in [5.74, 6) is 2.84. The molecule has 1 heterocycles. The zero-order chi connectivity index (χ0) is 16.8. The smallest absolute Gasteiger partial charge is 0.177 e. The van der Waals surface area contributed by atoms with Gasteiger partial charge in [0.15, 0.2) is 11.6 Å². The molecule has 6 nitrogen and oxygen atoms in total. The maximum absolute atomic E-state index is 5.14. The van der Waals surface area contributed by atoms with Crippen molar-refractivity contribution < 1.29 is 9.47 Å². The molecule has 0 N–H and O–H groups in total. The van der Waals surface area contributed by atoms with Crippen LogP contribution in [0.25, 0.3) is 0 Å². The van der Waals surface area contributed by atoms with Crippen LogP contribution in [0.3, 0.4) is 0 Å². The van der Waals surface area contributed by atoms with Crippen LogP contribution in [0, 0.1) is 0 Å². The highest BCUT2D eigenvalue weighted by molar-refractivity contribution is 5.29. The molecule has 0 aliphatic heterocycles. The Morgan fingerprint density at radius 1 is 0.583 bits per heavy atom. The molecule has 0 aliphatic carbocycles. The van der Waals surface area contributed by atoms with Crippen molar-refractivity contribution in [1.29, 1.82) is 0 Å².